The van der Waals surface area contributed by atoms with Crippen molar-refractivity contribution in [1.82, 2.24) is 16.0 Å². The Bertz CT molecular complexity index is 328. The van der Waals surface area contributed by atoms with E-state index in [4.69, 9.17) is 0 Å². The molecule has 2 atom stereocenters. The first kappa shape index (κ1) is 12.5. The van der Waals surface area contributed by atoms with Crippen LogP contribution in [0.15, 0.2) is 0 Å². The van der Waals surface area contributed by atoms with Crippen molar-refractivity contribution in [3.05, 3.63) is 0 Å². The summed E-state index contributed by atoms with van der Waals surface area (Å²) in [4.78, 5) is 22.7. The van der Waals surface area contributed by atoms with Gasteiger partial charge in [0.05, 0.1) is 6.04 Å². The molecule has 2 aliphatic rings. The molecule has 0 aromatic heterocycles. The second-order valence-electron chi connectivity index (χ2n) is 5.68. The van der Waals surface area contributed by atoms with Crippen molar-refractivity contribution >= 4 is 11.8 Å². The van der Waals surface area contributed by atoms with Crippen LogP contribution in [0.25, 0.3) is 0 Å². The van der Waals surface area contributed by atoms with E-state index >= 15 is 0 Å². The van der Waals surface area contributed by atoms with Gasteiger partial charge in [0, 0.05) is 19.0 Å². The highest BCUT2D eigenvalue weighted by atomic mass is 16.2. The maximum absolute atomic E-state index is 11.7. The number of hydrogen-bond donors (Lipinski definition) is 3. The Morgan fingerprint density at radius 1 is 1.29 bits per heavy atom. The summed E-state index contributed by atoms with van der Waals surface area (Å²) in [5.41, 5.74) is 0.139. The van der Waals surface area contributed by atoms with Gasteiger partial charge in [-0.25, -0.2) is 0 Å². The van der Waals surface area contributed by atoms with E-state index in [0.717, 1.165) is 19.5 Å². The molecule has 5 nitrogen and oxygen atoms in total. The zero-order valence-corrected chi connectivity index (χ0v) is 10.5. The Morgan fingerprint density at radius 3 is 2.71 bits per heavy atom. The molecule has 2 saturated heterocycles. The highest BCUT2D eigenvalue weighted by molar-refractivity contribution is 6.00. The molecule has 0 aromatic carbocycles. The summed E-state index contributed by atoms with van der Waals surface area (Å²) in [5, 5.41) is 9.17. The Kier molecular flexibility index (Phi) is 3.49. The van der Waals surface area contributed by atoms with Crippen molar-refractivity contribution < 1.29 is 9.59 Å². The van der Waals surface area contributed by atoms with E-state index < -0.39 is 0 Å². The predicted octanol–water partition coefficient (Wildman–Crippen LogP) is -0.231. The first-order valence-electron chi connectivity index (χ1n) is 6.29. The summed E-state index contributed by atoms with van der Waals surface area (Å²) in [5.74, 6) is -0.326. The molecule has 2 fully saturated rings. The van der Waals surface area contributed by atoms with Gasteiger partial charge in [0.15, 0.2) is 0 Å². The Morgan fingerprint density at radius 2 is 2.06 bits per heavy atom. The maximum atomic E-state index is 11.7. The number of nitrogens with one attached hydrogen (secondary N) is 3. The largest absolute Gasteiger partial charge is 0.316 e. The highest BCUT2D eigenvalue weighted by Gasteiger charge is 2.36. The number of carbonyl (C=O) groups is 2. The molecule has 2 rings (SSSR count). The number of hydrogen-bond acceptors (Lipinski definition) is 4. The molecule has 0 aliphatic carbocycles. The van der Waals surface area contributed by atoms with Crippen molar-refractivity contribution in [3.63, 3.8) is 0 Å². The quantitative estimate of drug-likeness (QED) is 0.582. The summed E-state index contributed by atoms with van der Waals surface area (Å²) >= 11 is 0. The van der Waals surface area contributed by atoms with E-state index in [2.05, 4.69) is 29.8 Å². The van der Waals surface area contributed by atoms with Crippen LogP contribution in [-0.4, -0.2) is 37.0 Å². The van der Waals surface area contributed by atoms with Crippen LogP contribution in [0.5, 0.6) is 0 Å². The van der Waals surface area contributed by atoms with Gasteiger partial charge in [-0.05, 0) is 24.8 Å². The molecule has 0 aromatic rings. The third-order valence-electron chi connectivity index (χ3n) is 3.78. The third-order valence-corrected chi connectivity index (χ3v) is 3.78. The van der Waals surface area contributed by atoms with Gasteiger partial charge in [0.2, 0.25) is 11.8 Å². The molecule has 2 unspecified atom stereocenters. The summed E-state index contributed by atoms with van der Waals surface area (Å²) in [6, 6.07) is 0.114. The molecule has 17 heavy (non-hydrogen) atoms. The lowest BCUT2D eigenvalue weighted by atomic mass is 9.79. The zero-order valence-electron chi connectivity index (χ0n) is 10.5. The maximum Gasteiger partial charge on any atom is 0.243 e. The second kappa shape index (κ2) is 4.74. The van der Waals surface area contributed by atoms with Gasteiger partial charge < -0.3 is 10.6 Å². The van der Waals surface area contributed by atoms with Crippen molar-refractivity contribution in [2.75, 3.05) is 13.1 Å². The molecule has 0 bridgehead atoms. The van der Waals surface area contributed by atoms with E-state index in [9.17, 15) is 9.59 Å². The smallest absolute Gasteiger partial charge is 0.243 e. The van der Waals surface area contributed by atoms with Crippen LogP contribution in [0.4, 0.5) is 0 Å². The Balaban J connectivity index is 1.95. The molecule has 2 amide bonds. The number of imide groups is 1. The van der Waals surface area contributed by atoms with Crippen molar-refractivity contribution in [2.24, 2.45) is 5.41 Å². The Hall–Kier alpha value is -0.940. The molecule has 0 saturated carbocycles. The van der Waals surface area contributed by atoms with Crippen molar-refractivity contribution in [1.29, 1.82) is 0 Å². The molecule has 5 heteroatoms. The Labute approximate surface area is 102 Å². The molecular weight excluding hydrogens is 218 g/mol. The predicted molar refractivity (Wildman–Crippen MR) is 64.4 cm³/mol. The van der Waals surface area contributed by atoms with E-state index in [0.29, 0.717) is 18.9 Å². The fourth-order valence-electron chi connectivity index (χ4n) is 2.58. The molecule has 3 N–H and O–H groups in total. The van der Waals surface area contributed by atoms with Crippen LogP contribution in [0, 0.1) is 5.41 Å². The second-order valence-corrected chi connectivity index (χ2v) is 5.68. The van der Waals surface area contributed by atoms with Gasteiger partial charge in [-0.1, -0.05) is 13.8 Å². The van der Waals surface area contributed by atoms with Crippen LogP contribution in [0.2, 0.25) is 0 Å². The average molecular weight is 239 g/mol. The lowest BCUT2D eigenvalue weighted by Gasteiger charge is -2.41. The molecule has 2 aliphatic heterocycles. The van der Waals surface area contributed by atoms with Crippen LogP contribution < -0.4 is 16.0 Å². The SMILES string of the molecule is CC1(C)CNCCC1NC1CCC(=O)NC1=O. The highest BCUT2D eigenvalue weighted by Crippen LogP contribution is 2.26. The van der Waals surface area contributed by atoms with Crippen LogP contribution in [0.1, 0.15) is 33.1 Å². The number of carbonyl (C=O) groups excluding carboxylic acids is 2. The summed E-state index contributed by atoms with van der Waals surface area (Å²) in [6.07, 6.45) is 2.07. The normalized spacial score (nSPS) is 33.3. The number of rotatable bonds is 2. The summed E-state index contributed by atoms with van der Waals surface area (Å²) in [6.45, 7) is 6.33. The molecule has 2 heterocycles. The minimum Gasteiger partial charge on any atom is -0.316 e. The summed E-state index contributed by atoms with van der Waals surface area (Å²) in [7, 11) is 0. The van der Waals surface area contributed by atoms with E-state index in [-0.39, 0.29) is 23.3 Å². The average Bonchev–Trinajstić information content (AvgIpc) is 2.24. The lowest BCUT2D eigenvalue weighted by molar-refractivity contribution is -0.135. The van der Waals surface area contributed by atoms with Gasteiger partial charge in [-0.3, -0.25) is 14.9 Å². The minimum atomic E-state index is -0.213. The van der Waals surface area contributed by atoms with Gasteiger partial charge >= 0.3 is 0 Å². The monoisotopic (exact) mass is 239 g/mol. The van der Waals surface area contributed by atoms with Gasteiger partial charge in [0.25, 0.3) is 0 Å². The molecule has 96 valence electrons. The standard InChI is InChI=1S/C12H21N3O2/c1-12(2)7-13-6-5-9(12)14-8-3-4-10(16)15-11(8)17/h8-9,13-14H,3-7H2,1-2H3,(H,15,16,17). The minimum absolute atomic E-state index is 0.139. The number of piperidine rings is 2. The first-order chi connectivity index (χ1) is 7.99. The fourth-order valence-corrected chi connectivity index (χ4v) is 2.58. The summed E-state index contributed by atoms with van der Waals surface area (Å²) < 4.78 is 0. The van der Waals surface area contributed by atoms with Crippen LogP contribution >= 0.6 is 0 Å². The van der Waals surface area contributed by atoms with Gasteiger partial charge in [-0.2, -0.15) is 0 Å². The van der Waals surface area contributed by atoms with Crippen molar-refractivity contribution in [3.8, 4) is 0 Å². The molecule has 0 spiro atoms. The zero-order chi connectivity index (χ0) is 12.5. The van der Waals surface area contributed by atoms with Crippen molar-refractivity contribution in [2.45, 2.75) is 45.2 Å². The first-order valence-corrected chi connectivity index (χ1v) is 6.29. The fraction of sp³-hybridized carbons (Fsp3) is 0.833. The topological polar surface area (TPSA) is 70.2 Å². The molecule has 0 radical (unpaired) electrons. The number of amides is 2. The van der Waals surface area contributed by atoms with E-state index in [1.807, 2.05) is 0 Å². The van der Waals surface area contributed by atoms with Gasteiger partial charge in [0.1, 0.15) is 0 Å². The molecular formula is C12H21N3O2. The van der Waals surface area contributed by atoms with Crippen LogP contribution in [-0.2, 0) is 9.59 Å². The van der Waals surface area contributed by atoms with Gasteiger partial charge in [-0.15, -0.1) is 0 Å². The van der Waals surface area contributed by atoms with E-state index in [1.54, 1.807) is 0 Å². The van der Waals surface area contributed by atoms with Crippen LogP contribution in [0.3, 0.4) is 0 Å². The van der Waals surface area contributed by atoms with E-state index in [1.165, 1.54) is 0 Å². The third kappa shape index (κ3) is 2.84. The lowest BCUT2D eigenvalue weighted by Crippen LogP contribution is -2.60.